The summed E-state index contributed by atoms with van der Waals surface area (Å²) in [5.41, 5.74) is 1.73. The highest BCUT2D eigenvalue weighted by molar-refractivity contribution is 5.77. The van der Waals surface area contributed by atoms with E-state index >= 15 is 0 Å². The Kier molecular flexibility index (Phi) is 2.19. The van der Waals surface area contributed by atoms with Crippen LogP contribution in [0.1, 0.15) is 5.69 Å². The van der Waals surface area contributed by atoms with Gasteiger partial charge in [-0.15, -0.1) is 0 Å². The Hall–Kier alpha value is -1.48. The quantitative estimate of drug-likeness (QED) is 0.743. The molecule has 0 bridgehead atoms. The van der Waals surface area contributed by atoms with Gasteiger partial charge in [-0.1, -0.05) is 18.2 Å². The first kappa shape index (κ1) is 8.13. The minimum absolute atomic E-state index is 0.118. The zero-order valence-electron chi connectivity index (χ0n) is 7.14. The Morgan fingerprint density at radius 2 is 2.00 bits per heavy atom. The molecule has 1 heterocycles. The molecule has 0 atom stereocenters. The summed E-state index contributed by atoms with van der Waals surface area (Å²) in [5, 5.41) is 17.8. The number of rotatable bonds is 2. The summed E-state index contributed by atoms with van der Waals surface area (Å²) in [5.74, 6) is 0. The molecule has 1 aromatic heterocycles. The van der Waals surface area contributed by atoms with Crippen LogP contribution < -0.4 is 0 Å². The molecule has 0 radical (unpaired) electrons. The van der Waals surface area contributed by atoms with Gasteiger partial charge in [0.05, 0.1) is 11.2 Å². The standard InChI is InChI=1S/C10H10N2O/c13-6-5-9-7-8-3-1-2-4-10(8)12-11-9/h1-4,7,13H,5-6H2. The summed E-state index contributed by atoms with van der Waals surface area (Å²) in [4.78, 5) is 0. The van der Waals surface area contributed by atoms with Gasteiger partial charge in [0.15, 0.2) is 0 Å². The van der Waals surface area contributed by atoms with E-state index in [-0.39, 0.29) is 6.61 Å². The summed E-state index contributed by atoms with van der Waals surface area (Å²) < 4.78 is 0. The smallest absolute Gasteiger partial charge is 0.0929 e. The van der Waals surface area contributed by atoms with Crippen LogP contribution in [-0.2, 0) is 6.42 Å². The van der Waals surface area contributed by atoms with Crippen molar-refractivity contribution in [3.8, 4) is 0 Å². The maximum Gasteiger partial charge on any atom is 0.0929 e. The van der Waals surface area contributed by atoms with Gasteiger partial charge in [-0.05, 0) is 12.1 Å². The van der Waals surface area contributed by atoms with Gasteiger partial charge in [0, 0.05) is 18.4 Å². The van der Waals surface area contributed by atoms with Crippen LogP contribution in [0.25, 0.3) is 10.9 Å². The fraction of sp³-hybridized carbons (Fsp3) is 0.200. The molecule has 0 aliphatic carbocycles. The number of aliphatic hydroxyl groups excluding tert-OH is 1. The predicted molar refractivity (Wildman–Crippen MR) is 50.3 cm³/mol. The van der Waals surface area contributed by atoms with E-state index < -0.39 is 0 Å². The van der Waals surface area contributed by atoms with Gasteiger partial charge < -0.3 is 5.11 Å². The van der Waals surface area contributed by atoms with E-state index in [2.05, 4.69) is 10.2 Å². The first-order valence-corrected chi connectivity index (χ1v) is 4.22. The van der Waals surface area contributed by atoms with Crippen molar-refractivity contribution in [3.63, 3.8) is 0 Å². The predicted octanol–water partition coefficient (Wildman–Crippen LogP) is 1.16. The molecule has 1 N–H and O–H groups in total. The highest BCUT2D eigenvalue weighted by Gasteiger charge is 1.97. The second kappa shape index (κ2) is 3.49. The van der Waals surface area contributed by atoms with Crippen LogP contribution in [0.15, 0.2) is 30.3 Å². The van der Waals surface area contributed by atoms with Gasteiger partial charge in [0.2, 0.25) is 0 Å². The van der Waals surface area contributed by atoms with Gasteiger partial charge in [-0.2, -0.15) is 10.2 Å². The fourth-order valence-electron chi connectivity index (χ4n) is 1.26. The second-order valence-corrected chi connectivity index (χ2v) is 2.87. The number of aliphatic hydroxyl groups is 1. The second-order valence-electron chi connectivity index (χ2n) is 2.87. The highest BCUT2D eigenvalue weighted by atomic mass is 16.3. The SMILES string of the molecule is OCCc1cc2ccccc2nn1. The summed E-state index contributed by atoms with van der Waals surface area (Å²) >= 11 is 0. The lowest BCUT2D eigenvalue weighted by Crippen LogP contribution is -1.96. The van der Waals surface area contributed by atoms with Crippen LogP contribution in [0.2, 0.25) is 0 Å². The number of hydrogen-bond acceptors (Lipinski definition) is 3. The summed E-state index contributed by atoms with van der Waals surface area (Å²) in [6, 6.07) is 9.77. The minimum Gasteiger partial charge on any atom is -0.396 e. The molecule has 0 fully saturated rings. The largest absolute Gasteiger partial charge is 0.396 e. The molecule has 2 rings (SSSR count). The van der Waals surface area contributed by atoms with Crippen LogP contribution in [-0.4, -0.2) is 21.9 Å². The number of nitrogens with zero attached hydrogens (tertiary/aromatic N) is 2. The lowest BCUT2D eigenvalue weighted by Gasteiger charge is -1.98. The zero-order chi connectivity index (χ0) is 9.10. The van der Waals surface area contributed by atoms with E-state index in [1.165, 1.54) is 0 Å². The van der Waals surface area contributed by atoms with Gasteiger partial charge in [0.25, 0.3) is 0 Å². The van der Waals surface area contributed by atoms with Crippen molar-refractivity contribution in [3.05, 3.63) is 36.0 Å². The molecule has 1 aromatic carbocycles. The van der Waals surface area contributed by atoms with Crippen molar-refractivity contribution in [1.82, 2.24) is 10.2 Å². The van der Waals surface area contributed by atoms with Gasteiger partial charge in [0.1, 0.15) is 0 Å². The van der Waals surface area contributed by atoms with Crippen molar-refractivity contribution >= 4 is 10.9 Å². The van der Waals surface area contributed by atoms with Gasteiger partial charge in [-0.3, -0.25) is 0 Å². The third kappa shape index (κ3) is 1.65. The van der Waals surface area contributed by atoms with Crippen LogP contribution in [0.5, 0.6) is 0 Å². The summed E-state index contributed by atoms with van der Waals surface area (Å²) in [6.07, 6.45) is 0.567. The lowest BCUT2D eigenvalue weighted by atomic mass is 10.2. The number of aromatic nitrogens is 2. The Balaban J connectivity index is 2.49. The third-order valence-corrected chi connectivity index (χ3v) is 1.91. The molecule has 0 spiro atoms. The number of fused-ring (bicyclic) bond motifs is 1. The van der Waals surface area contributed by atoms with E-state index in [4.69, 9.17) is 5.11 Å². The molecule has 0 saturated carbocycles. The molecule has 13 heavy (non-hydrogen) atoms. The molecule has 66 valence electrons. The van der Waals surface area contributed by atoms with Crippen LogP contribution in [0.4, 0.5) is 0 Å². The van der Waals surface area contributed by atoms with Crippen molar-refractivity contribution in [1.29, 1.82) is 0 Å². The Labute approximate surface area is 76.0 Å². The fourth-order valence-corrected chi connectivity index (χ4v) is 1.26. The normalized spacial score (nSPS) is 10.5. The first-order valence-electron chi connectivity index (χ1n) is 4.22. The highest BCUT2D eigenvalue weighted by Crippen LogP contribution is 2.10. The molecule has 0 aliphatic heterocycles. The first-order chi connectivity index (χ1) is 6.40. The van der Waals surface area contributed by atoms with Crippen molar-refractivity contribution < 1.29 is 5.11 Å². The molecule has 2 aromatic rings. The van der Waals surface area contributed by atoms with Gasteiger partial charge >= 0.3 is 0 Å². The maximum atomic E-state index is 8.72. The summed E-state index contributed by atoms with van der Waals surface area (Å²) in [7, 11) is 0. The number of benzene rings is 1. The maximum absolute atomic E-state index is 8.72. The van der Waals surface area contributed by atoms with E-state index in [1.807, 2.05) is 30.3 Å². The van der Waals surface area contributed by atoms with Crippen LogP contribution in [0.3, 0.4) is 0 Å². The molecule has 0 unspecified atom stereocenters. The van der Waals surface area contributed by atoms with Gasteiger partial charge in [-0.25, -0.2) is 0 Å². The van der Waals surface area contributed by atoms with E-state index in [9.17, 15) is 0 Å². The van der Waals surface area contributed by atoms with Crippen molar-refractivity contribution in [2.45, 2.75) is 6.42 Å². The number of hydrogen-bond donors (Lipinski definition) is 1. The van der Waals surface area contributed by atoms with E-state index in [1.54, 1.807) is 0 Å². The van der Waals surface area contributed by atoms with E-state index in [0.717, 1.165) is 16.6 Å². The van der Waals surface area contributed by atoms with E-state index in [0.29, 0.717) is 6.42 Å². The molecule has 0 aliphatic rings. The molecule has 0 amide bonds. The Morgan fingerprint density at radius 1 is 1.15 bits per heavy atom. The molecule has 3 nitrogen and oxygen atoms in total. The third-order valence-electron chi connectivity index (χ3n) is 1.91. The molecular weight excluding hydrogens is 164 g/mol. The molecule has 3 heteroatoms. The van der Waals surface area contributed by atoms with Crippen molar-refractivity contribution in [2.24, 2.45) is 0 Å². The lowest BCUT2D eigenvalue weighted by molar-refractivity contribution is 0.298. The van der Waals surface area contributed by atoms with Crippen LogP contribution in [0, 0.1) is 0 Å². The average molecular weight is 174 g/mol. The van der Waals surface area contributed by atoms with Crippen LogP contribution >= 0.6 is 0 Å². The monoisotopic (exact) mass is 174 g/mol. The minimum atomic E-state index is 0.118. The molecular formula is C10H10N2O. The zero-order valence-corrected chi connectivity index (χ0v) is 7.14. The average Bonchev–Trinajstić information content (AvgIpc) is 2.18. The Bertz CT molecular complexity index is 414. The van der Waals surface area contributed by atoms with Crippen molar-refractivity contribution in [2.75, 3.05) is 6.61 Å². The Morgan fingerprint density at radius 3 is 2.85 bits per heavy atom. The molecule has 0 saturated heterocycles. The summed E-state index contributed by atoms with van der Waals surface area (Å²) in [6.45, 7) is 0.118. The topological polar surface area (TPSA) is 46.0 Å².